The summed E-state index contributed by atoms with van der Waals surface area (Å²) in [6, 6.07) is 1.94. The lowest BCUT2D eigenvalue weighted by molar-refractivity contribution is 0.00277. The molecular formula is C17H26N4O3. The third-order valence-electron chi connectivity index (χ3n) is 5.24. The van der Waals surface area contributed by atoms with Crippen LogP contribution in [-0.2, 0) is 11.8 Å². The average Bonchev–Trinajstić information content (AvgIpc) is 3.11. The van der Waals surface area contributed by atoms with Crippen LogP contribution in [0.25, 0.3) is 0 Å². The van der Waals surface area contributed by atoms with Crippen LogP contribution in [0.5, 0.6) is 0 Å². The van der Waals surface area contributed by atoms with Crippen LogP contribution in [0, 0.1) is 0 Å². The van der Waals surface area contributed by atoms with Gasteiger partial charge >= 0.3 is 6.09 Å². The number of likely N-dealkylation sites (tertiary alicyclic amines) is 1. The largest absolute Gasteiger partial charge is 0.441 e. The van der Waals surface area contributed by atoms with Crippen LogP contribution >= 0.6 is 0 Å². The average molecular weight is 334 g/mol. The lowest BCUT2D eigenvalue weighted by atomic mass is 9.90. The van der Waals surface area contributed by atoms with E-state index in [0.29, 0.717) is 38.2 Å². The van der Waals surface area contributed by atoms with Gasteiger partial charge in [0.2, 0.25) is 0 Å². The van der Waals surface area contributed by atoms with E-state index in [1.807, 2.05) is 9.80 Å². The zero-order valence-corrected chi connectivity index (χ0v) is 14.7. The molecule has 0 aliphatic carbocycles. The molecule has 1 atom stereocenters. The Labute approximate surface area is 142 Å². The van der Waals surface area contributed by atoms with Crippen molar-refractivity contribution in [3.63, 3.8) is 0 Å². The first-order valence-electron chi connectivity index (χ1n) is 8.72. The van der Waals surface area contributed by atoms with Crippen LogP contribution in [-0.4, -0.2) is 62.9 Å². The second-order valence-corrected chi connectivity index (χ2v) is 6.95. The number of hydrogen-bond donors (Lipinski definition) is 0. The molecule has 0 N–H and O–H groups in total. The molecule has 0 saturated carbocycles. The lowest BCUT2D eigenvalue weighted by Crippen LogP contribution is -2.49. The van der Waals surface area contributed by atoms with Crippen molar-refractivity contribution in [2.24, 2.45) is 7.05 Å². The molecule has 7 heteroatoms. The highest BCUT2D eigenvalue weighted by molar-refractivity contribution is 5.92. The molecule has 2 fully saturated rings. The molecule has 0 unspecified atom stereocenters. The second-order valence-electron chi connectivity index (χ2n) is 6.95. The van der Waals surface area contributed by atoms with E-state index in [4.69, 9.17) is 4.74 Å². The Bertz CT molecular complexity index is 619. The maximum Gasteiger partial charge on any atom is 0.410 e. The zero-order chi connectivity index (χ0) is 17.3. The number of amides is 2. The highest BCUT2D eigenvalue weighted by Gasteiger charge is 2.48. The van der Waals surface area contributed by atoms with Gasteiger partial charge in [-0.3, -0.25) is 9.48 Å². The fourth-order valence-electron chi connectivity index (χ4n) is 3.68. The van der Waals surface area contributed by atoms with Crippen molar-refractivity contribution in [2.75, 3.05) is 19.6 Å². The Balaban J connectivity index is 1.62. The number of rotatable bonds is 4. The minimum atomic E-state index is -0.428. The Morgan fingerprint density at radius 3 is 2.71 bits per heavy atom. The summed E-state index contributed by atoms with van der Waals surface area (Å²) in [6.07, 6.45) is 4.84. The van der Waals surface area contributed by atoms with Crippen molar-refractivity contribution in [1.29, 1.82) is 0 Å². The van der Waals surface area contributed by atoms with Crippen LogP contribution < -0.4 is 0 Å². The van der Waals surface area contributed by atoms with Gasteiger partial charge in [-0.1, -0.05) is 13.3 Å². The first-order chi connectivity index (χ1) is 11.5. The van der Waals surface area contributed by atoms with E-state index < -0.39 is 5.60 Å². The van der Waals surface area contributed by atoms with Gasteiger partial charge in [-0.15, -0.1) is 0 Å². The fraction of sp³-hybridized carbons (Fsp3) is 0.706. The van der Waals surface area contributed by atoms with E-state index in [2.05, 4.69) is 18.9 Å². The Morgan fingerprint density at radius 2 is 2.12 bits per heavy atom. The van der Waals surface area contributed by atoms with Gasteiger partial charge in [0.15, 0.2) is 0 Å². The van der Waals surface area contributed by atoms with Crippen LogP contribution in [0.4, 0.5) is 4.79 Å². The van der Waals surface area contributed by atoms with Gasteiger partial charge in [-0.05, 0) is 19.4 Å². The summed E-state index contributed by atoms with van der Waals surface area (Å²) >= 11 is 0. The summed E-state index contributed by atoms with van der Waals surface area (Å²) in [5.41, 5.74) is 0.162. The number of carbonyl (C=O) groups excluding carboxylic acids is 2. The molecule has 24 heavy (non-hydrogen) atoms. The predicted octanol–water partition coefficient (Wildman–Crippen LogP) is 2.04. The van der Waals surface area contributed by atoms with Gasteiger partial charge in [-0.25, -0.2) is 4.79 Å². The van der Waals surface area contributed by atoms with Gasteiger partial charge in [0, 0.05) is 45.2 Å². The third-order valence-corrected chi connectivity index (χ3v) is 5.24. The summed E-state index contributed by atoms with van der Waals surface area (Å²) in [7, 11) is 1.77. The molecule has 1 aromatic rings. The number of aryl methyl sites for hydroxylation is 1. The molecule has 3 heterocycles. The molecule has 2 saturated heterocycles. The van der Waals surface area contributed by atoms with Crippen molar-refractivity contribution >= 4 is 12.0 Å². The van der Waals surface area contributed by atoms with Crippen LogP contribution in [0.3, 0.4) is 0 Å². The maximum absolute atomic E-state index is 12.6. The fourth-order valence-corrected chi connectivity index (χ4v) is 3.68. The first kappa shape index (κ1) is 16.8. The Morgan fingerprint density at radius 1 is 1.42 bits per heavy atom. The number of nitrogens with zero attached hydrogens (tertiary/aromatic N) is 4. The highest BCUT2D eigenvalue weighted by atomic mass is 16.6. The Kier molecular flexibility index (Phi) is 4.51. The predicted molar refractivity (Wildman–Crippen MR) is 88.6 cm³/mol. The van der Waals surface area contributed by atoms with E-state index >= 15 is 0 Å². The normalized spacial score (nSPS) is 21.2. The summed E-state index contributed by atoms with van der Waals surface area (Å²) in [5.74, 6) is -0.00891. The molecule has 2 aliphatic rings. The van der Waals surface area contributed by atoms with Crippen LogP contribution in [0.1, 0.15) is 50.0 Å². The molecule has 2 amide bonds. The molecule has 132 valence electrons. The summed E-state index contributed by atoms with van der Waals surface area (Å²) < 4.78 is 7.34. The number of hydrogen-bond acceptors (Lipinski definition) is 4. The molecule has 7 nitrogen and oxygen atoms in total. The van der Waals surface area contributed by atoms with Crippen molar-refractivity contribution in [1.82, 2.24) is 19.6 Å². The van der Waals surface area contributed by atoms with Crippen LogP contribution in [0.2, 0.25) is 0 Å². The smallest absolute Gasteiger partial charge is 0.410 e. The van der Waals surface area contributed by atoms with E-state index in [1.54, 1.807) is 24.0 Å². The van der Waals surface area contributed by atoms with E-state index in [1.165, 1.54) is 0 Å². The number of ether oxygens (including phenoxy) is 1. The third kappa shape index (κ3) is 2.99. The molecule has 3 rings (SSSR count). The van der Waals surface area contributed by atoms with Gasteiger partial charge < -0.3 is 14.5 Å². The van der Waals surface area contributed by atoms with E-state index in [0.717, 1.165) is 12.8 Å². The topological polar surface area (TPSA) is 67.7 Å². The van der Waals surface area contributed by atoms with Crippen molar-refractivity contribution in [3.8, 4) is 0 Å². The van der Waals surface area contributed by atoms with Crippen molar-refractivity contribution < 1.29 is 14.3 Å². The second kappa shape index (κ2) is 6.45. The maximum atomic E-state index is 12.6. The number of carbonyl (C=O) groups is 2. The monoisotopic (exact) mass is 334 g/mol. The molecule has 0 radical (unpaired) electrons. The van der Waals surface area contributed by atoms with Crippen molar-refractivity contribution in [2.45, 2.75) is 51.2 Å². The molecular weight excluding hydrogens is 308 g/mol. The lowest BCUT2D eigenvalue weighted by Gasteiger charge is -2.37. The highest BCUT2D eigenvalue weighted by Crippen LogP contribution is 2.35. The van der Waals surface area contributed by atoms with E-state index in [9.17, 15) is 9.59 Å². The SMILES string of the molecule is CCC[C@H](C)N1CC2(CCN(C(=O)c3ccnn3C)CC2)OC1=O. The number of aromatic nitrogens is 2. The van der Waals surface area contributed by atoms with E-state index in [-0.39, 0.29) is 18.0 Å². The summed E-state index contributed by atoms with van der Waals surface area (Å²) in [6.45, 7) is 6.04. The summed E-state index contributed by atoms with van der Waals surface area (Å²) in [5, 5.41) is 4.05. The zero-order valence-electron chi connectivity index (χ0n) is 14.7. The molecule has 1 aromatic heterocycles. The van der Waals surface area contributed by atoms with Crippen molar-refractivity contribution in [3.05, 3.63) is 18.0 Å². The quantitative estimate of drug-likeness (QED) is 0.845. The Hall–Kier alpha value is -2.05. The van der Waals surface area contributed by atoms with Gasteiger partial charge in [0.25, 0.3) is 5.91 Å². The first-order valence-corrected chi connectivity index (χ1v) is 8.72. The minimum absolute atomic E-state index is 0.00891. The standard InChI is InChI=1S/C17H26N4O3/c1-4-5-13(2)21-12-17(24-16(21)23)7-10-20(11-8-17)15(22)14-6-9-18-19(14)3/h6,9,13H,4-5,7-8,10-12H2,1-3H3/t13-/m0/s1. The molecule has 1 spiro atoms. The number of piperidine rings is 1. The molecule has 0 aromatic carbocycles. The van der Waals surface area contributed by atoms with Gasteiger partial charge in [0.1, 0.15) is 11.3 Å². The van der Waals surface area contributed by atoms with Crippen LogP contribution in [0.15, 0.2) is 12.3 Å². The van der Waals surface area contributed by atoms with Gasteiger partial charge in [0.05, 0.1) is 6.54 Å². The molecule has 0 bridgehead atoms. The summed E-state index contributed by atoms with van der Waals surface area (Å²) in [4.78, 5) is 28.5. The minimum Gasteiger partial charge on any atom is -0.441 e. The van der Waals surface area contributed by atoms with Gasteiger partial charge in [-0.2, -0.15) is 5.10 Å². The molecule has 2 aliphatic heterocycles.